The lowest BCUT2D eigenvalue weighted by Gasteiger charge is -2.22. The van der Waals surface area contributed by atoms with Gasteiger partial charge in [-0.3, -0.25) is 9.29 Å². The maximum absolute atomic E-state index is 13.4. The molecule has 0 bridgehead atoms. The molecular weight excluding hydrogens is 506 g/mol. The molecule has 188 valence electrons. The number of hydrogen-bond acceptors (Lipinski definition) is 9. The van der Waals surface area contributed by atoms with Crippen LogP contribution in [0.2, 0.25) is 5.02 Å². The molecule has 2 unspecified atom stereocenters. The lowest BCUT2D eigenvalue weighted by Crippen LogP contribution is -2.33. The zero-order valence-electron chi connectivity index (χ0n) is 19.7. The van der Waals surface area contributed by atoms with Crippen LogP contribution in [0.15, 0.2) is 60.9 Å². The Hall–Kier alpha value is -3.61. The molecule has 1 N–H and O–H groups in total. The van der Waals surface area contributed by atoms with Gasteiger partial charge in [-0.25, -0.2) is 23.4 Å². The molecule has 0 aliphatic carbocycles. The van der Waals surface area contributed by atoms with Crippen LogP contribution in [0.4, 0.5) is 5.95 Å². The van der Waals surface area contributed by atoms with Crippen molar-refractivity contribution in [2.24, 2.45) is 0 Å². The van der Waals surface area contributed by atoms with Gasteiger partial charge in [0.25, 0.3) is 0 Å². The second-order valence-electron chi connectivity index (χ2n) is 7.75. The van der Waals surface area contributed by atoms with E-state index in [-0.39, 0.29) is 11.8 Å². The lowest BCUT2D eigenvalue weighted by molar-refractivity contribution is 0.0950. The third kappa shape index (κ3) is 5.61. The lowest BCUT2D eigenvalue weighted by atomic mass is 10.2. The summed E-state index contributed by atoms with van der Waals surface area (Å²) in [4.78, 5) is 12.6. The van der Waals surface area contributed by atoms with E-state index in [0.29, 0.717) is 29.0 Å². The van der Waals surface area contributed by atoms with Gasteiger partial charge in [0.1, 0.15) is 17.0 Å². The summed E-state index contributed by atoms with van der Waals surface area (Å²) in [7, 11) is -1.14. The monoisotopic (exact) mass is 529 g/mol. The van der Waals surface area contributed by atoms with Crippen LogP contribution in [0.5, 0.6) is 5.88 Å². The fraction of sp³-hybridized carbons (Fsp3) is 0.261. The van der Waals surface area contributed by atoms with E-state index in [1.165, 1.54) is 33.5 Å². The molecule has 0 radical (unpaired) electrons. The van der Waals surface area contributed by atoms with E-state index in [0.717, 1.165) is 5.56 Å². The summed E-state index contributed by atoms with van der Waals surface area (Å²) in [5.74, 6) is 0.972. The van der Waals surface area contributed by atoms with Crippen LogP contribution in [-0.2, 0) is 21.3 Å². The molecule has 0 aliphatic rings. The number of methoxy groups -OCH3 is 2. The van der Waals surface area contributed by atoms with Crippen molar-refractivity contribution in [1.82, 2.24) is 29.7 Å². The Kier molecular flexibility index (Phi) is 7.77. The normalized spacial score (nSPS) is 13.2. The summed E-state index contributed by atoms with van der Waals surface area (Å²) in [6.07, 6.45) is 1.81. The Morgan fingerprint density at radius 2 is 1.75 bits per heavy atom. The molecule has 0 fully saturated rings. The smallest absolute Gasteiger partial charge is 0.240 e. The maximum Gasteiger partial charge on any atom is 0.240 e. The van der Waals surface area contributed by atoms with E-state index in [1.54, 1.807) is 22.8 Å². The van der Waals surface area contributed by atoms with Gasteiger partial charge in [0.2, 0.25) is 21.9 Å². The summed E-state index contributed by atoms with van der Waals surface area (Å²) in [6, 6.07) is 14.7. The highest BCUT2D eigenvalue weighted by Gasteiger charge is 2.34. The minimum Gasteiger partial charge on any atom is -0.481 e. The van der Waals surface area contributed by atoms with Crippen molar-refractivity contribution in [3.63, 3.8) is 0 Å². The van der Waals surface area contributed by atoms with Crippen molar-refractivity contribution in [3.05, 3.63) is 77.3 Å². The average molecular weight is 530 g/mol. The molecule has 0 saturated carbocycles. The summed E-state index contributed by atoms with van der Waals surface area (Å²) in [5.41, 5.74) is 1.39. The highest BCUT2D eigenvalue weighted by atomic mass is 35.5. The molecule has 0 spiro atoms. The number of halogens is 1. The Bertz CT molecular complexity index is 1420. The Labute approximate surface area is 213 Å². The highest BCUT2D eigenvalue weighted by molar-refractivity contribution is 7.93. The number of nitrogens with zero attached hydrogens (tertiary/aromatic N) is 6. The van der Waals surface area contributed by atoms with Crippen LogP contribution in [0, 0.1) is 0 Å². The maximum atomic E-state index is 13.4. The average Bonchev–Trinajstić information content (AvgIpc) is 3.27. The number of aromatic nitrogens is 6. The molecule has 0 saturated heterocycles. The fourth-order valence-corrected chi connectivity index (χ4v) is 4.74. The number of sulfonamides is 1. The summed E-state index contributed by atoms with van der Waals surface area (Å²) in [5, 5.41) is 7.61. The number of benzene rings is 1. The summed E-state index contributed by atoms with van der Waals surface area (Å²) >= 11 is 5.86. The third-order valence-electron chi connectivity index (χ3n) is 5.39. The number of nitrogens with one attached hydrogen (secondary N) is 1. The molecule has 13 heteroatoms. The molecule has 0 aliphatic heterocycles. The highest BCUT2D eigenvalue weighted by Crippen LogP contribution is 2.27. The number of hydrogen-bond donors (Lipinski definition) is 1. The van der Waals surface area contributed by atoms with Crippen molar-refractivity contribution < 1.29 is 17.9 Å². The number of rotatable bonds is 10. The summed E-state index contributed by atoms with van der Waals surface area (Å²) in [6.45, 7) is 1.79. The van der Waals surface area contributed by atoms with Crippen LogP contribution in [0.3, 0.4) is 0 Å². The van der Waals surface area contributed by atoms with Crippen molar-refractivity contribution >= 4 is 27.6 Å². The first-order valence-electron chi connectivity index (χ1n) is 10.8. The fourth-order valence-electron chi connectivity index (χ4n) is 3.50. The van der Waals surface area contributed by atoms with Gasteiger partial charge in [0, 0.05) is 25.6 Å². The summed E-state index contributed by atoms with van der Waals surface area (Å²) < 4.78 is 41.7. The molecule has 3 heterocycles. The Balaban J connectivity index is 1.70. The van der Waals surface area contributed by atoms with E-state index in [9.17, 15) is 8.42 Å². The molecule has 11 nitrogen and oxygen atoms in total. The van der Waals surface area contributed by atoms with Crippen LogP contribution < -0.4 is 9.46 Å². The van der Waals surface area contributed by atoms with E-state index in [2.05, 4.69) is 29.9 Å². The van der Waals surface area contributed by atoms with Gasteiger partial charge in [0.05, 0.1) is 18.7 Å². The van der Waals surface area contributed by atoms with Crippen LogP contribution in [-0.4, -0.2) is 57.6 Å². The molecule has 3 aromatic heterocycles. The van der Waals surface area contributed by atoms with Crippen molar-refractivity contribution in [3.8, 4) is 17.4 Å². The van der Waals surface area contributed by atoms with Crippen molar-refractivity contribution in [2.75, 3.05) is 18.9 Å². The zero-order chi connectivity index (χ0) is 25.7. The first-order chi connectivity index (χ1) is 17.3. The standard InChI is InChI=1S/C23H24ClN7O4S/c1-15(20(35-3)21-25-12-17(24)13-26-21)36(32,33)30-23-29-28-22(18-10-7-11-19(27-18)34-2)31(23)14-16-8-5-4-6-9-16/h4-13,15,20H,14H2,1-3H3,(H,29,30). The topological polar surface area (TPSA) is 134 Å². The van der Waals surface area contributed by atoms with Gasteiger partial charge in [-0.15, -0.1) is 10.2 Å². The Morgan fingerprint density at radius 1 is 1.03 bits per heavy atom. The number of pyridine rings is 1. The molecule has 4 aromatic rings. The minimum absolute atomic E-state index is 0.0252. The van der Waals surface area contributed by atoms with Crippen molar-refractivity contribution in [1.29, 1.82) is 0 Å². The molecule has 36 heavy (non-hydrogen) atoms. The zero-order valence-corrected chi connectivity index (χ0v) is 21.3. The van der Waals surface area contributed by atoms with Crippen LogP contribution >= 0.6 is 11.6 Å². The molecule has 2 atom stereocenters. The van der Waals surface area contributed by atoms with Gasteiger partial charge in [-0.2, -0.15) is 0 Å². The van der Waals surface area contributed by atoms with Gasteiger partial charge in [-0.05, 0) is 18.6 Å². The quantitative estimate of drug-likeness (QED) is 0.328. The molecular formula is C23H24ClN7O4S. The van der Waals surface area contributed by atoms with Gasteiger partial charge < -0.3 is 9.47 Å². The van der Waals surface area contributed by atoms with Crippen LogP contribution in [0.1, 0.15) is 24.4 Å². The van der Waals surface area contributed by atoms with Gasteiger partial charge >= 0.3 is 0 Å². The van der Waals surface area contributed by atoms with E-state index in [4.69, 9.17) is 21.1 Å². The second kappa shape index (κ2) is 11.0. The van der Waals surface area contributed by atoms with E-state index in [1.807, 2.05) is 30.3 Å². The van der Waals surface area contributed by atoms with Gasteiger partial charge in [0.15, 0.2) is 11.6 Å². The number of ether oxygens (including phenoxy) is 2. The predicted octanol–water partition coefficient (Wildman–Crippen LogP) is 3.36. The van der Waals surface area contributed by atoms with Crippen LogP contribution in [0.25, 0.3) is 11.5 Å². The molecule has 4 rings (SSSR count). The SMILES string of the molecule is COc1cccc(-c2nnc(NS(=O)(=O)C(C)C(OC)c3ncc(Cl)cn3)n2Cc2ccccc2)n1. The second-order valence-corrected chi connectivity index (χ2v) is 10.2. The molecule has 1 aromatic carbocycles. The number of anilines is 1. The Morgan fingerprint density at radius 3 is 2.42 bits per heavy atom. The molecule has 0 amide bonds. The van der Waals surface area contributed by atoms with E-state index < -0.39 is 21.4 Å². The first-order valence-corrected chi connectivity index (χ1v) is 12.7. The minimum atomic E-state index is -4.04. The predicted molar refractivity (Wildman–Crippen MR) is 134 cm³/mol. The van der Waals surface area contributed by atoms with E-state index >= 15 is 0 Å². The third-order valence-corrected chi connectivity index (χ3v) is 7.28. The van der Waals surface area contributed by atoms with Gasteiger partial charge in [-0.1, -0.05) is 48.0 Å². The van der Waals surface area contributed by atoms with Crippen molar-refractivity contribution in [2.45, 2.75) is 24.8 Å². The first kappa shape index (κ1) is 25.5. The largest absolute Gasteiger partial charge is 0.481 e.